The van der Waals surface area contributed by atoms with Gasteiger partial charge in [-0.15, -0.1) is 0 Å². The number of anilines is 1. The van der Waals surface area contributed by atoms with Crippen molar-refractivity contribution in [2.24, 2.45) is 0 Å². The van der Waals surface area contributed by atoms with Crippen LogP contribution in [-0.4, -0.2) is 35.7 Å². The van der Waals surface area contributed by atoms with Crippen LogP contribution in [-0.2, 0) is 0 Å². The molecule has 0 saturated heterocycles. The summed E-state index contributed by atoms with van der Waals surface area (Å²) in [6, 6.07) is 3.42. The van der Waals surface area contributed by atoms with Crippen molar-refractivity contribution in [3.05, 3.63) is 33.9 Å². The normalized spacial score (nSPS) is 10.4. The van der Waals surface area contributed by atoms with Crippen LogP contribution in [0.4, 0.5) is 20.2 Å². The number of halogens is 2. The number of hydrogen-bond acceptors (Lipinski definition) is 4. The molecule has 0 aliphatic carbocycles. The summed E-state index contributed by atoms with van der Waals surface area (Å²) in [7, 11) is 1.19. The Morgan fingerprint density at radius 2 is 2.17 bits per heavy atom. The Kier molecular flexibility index (Phi) is 4.13. The molecule has 0 bridgehead atoms. The third-order valence-electron chi connectivity index (χ3n) is 2.23. The molecule has 1 aromatic rings. The minimum absolute atomic E-state index is 0.0564. The first-order valence-electron chi connectivity index (χ1n) is 4.90. The van der Waals surface area contributed by atoms with E-state index < -0.39 is 29.5 Å². The number of carbonyl (C=O) groups excluding carboxylic acids is 1. The van der Waals surface area contributed by atoms with E-state index in [4.69, 9.17) is 5.73 Å². The number of benzene rings is 1. The Bertz CT molecular complexity index is 479. The zero-order chi connectivity index (χ0) is 13.9. The van der Waals surface area contributed by atoms with Crippen LogP contribution in [0, 0.1) is 10.1 Å². The Hall–Kier alpha value is -2.25. The van der Waals surface area contributed by atoms with E-state index in [1.165, 1.54) is 19.2 Å². The van der Waals surface area contributed by atoms with E-state index in [0.29, 0.717) is 0 Å². The summed E-state index contributed by atoms with van der Waals surface area (Å²) in [5.74, 6) is -0.724. The fourth-order valence-electron chi connectivity index (χ4n) is 1.35. The first-order chi connectivity index (χ1) is 8.32. The fourth-order valence-corrected chi connectivity index (χ4v) is 1.35. The molecule has 0 radical (unpaired) electrons. The molecular weight excluding hydrogens is 248 g/mol. The average molecular weight is 259 g/mol. The van der Waals surface area contributed by atoms with Gasteiger partial charge in [-0.1, -0.05) is 0 Å². The molecule has 0 aliphatic rings. The van der Waals surface area contributed by atoms with Crippen LogP contribution in [0.5, 0.6) is 0 Å². The van der Waals surface area contributed by atoms with Crippen LogP contribution in [0.2, 0.25) is 0 Å². The Morgan fingerprint density at radius 3 is 2.67 bits per heavy atom. The van der Waals surface area contributed by atoms with Gasteiger partial charge in [0, 0.05) is 18.7 Å². The number of amides is 1. The predicted molar refractivity (Wildman–Crippen MR) is 60.5 cm³/mol. The van der Waals surface area contributed by atoms with Crippen LogP contribution < -0.4 is 5.73 Å². The van der Waals surface area contributed by atoms with Crippen LogP contribution in [0.25, 0.3) is 0 Å². The number of nitrogens with two attached hydrogens (primary N) is 1. The zero-order valence-corrected chi connectivity index (χ0v) is 9.47. The molecule has 0 atom stereocenters. The highest BCUT2D eigenvalue weighted by Gasteiger charge is 2.19. The van der Waals surface area contributed by atoms with Crippen molar-refractivity contribution in [3.8, 4) is 0 Å². The highest BCUT2D eigenvalue weighted by molar-refractivity contribution is 5.95. The largest absolute Gasteiger partial charge is 0.393 e. The quantitative estimate of drug-likeness (QED) is 0.504. The van der Waals surface area contributed by atoms with E-state index in [0.717, 1.165) is 11.0 Å². The van der Waals surface area contributed by atoms with Gasteiger partial charge >= 0.3 is 0 Å². The number of nitrogen functional groups attached to an aromatic ring is 1. The smallest absolute Gasteiger partial charge is 0.292 e. The number of alkyl halides is 2. The van der Waals surface area contributed by atoms with E-state index in [-0.39, 0.29) is 11.3 Å². The number of nitro groups is 1. The number of rotatable bonds is 4. The molecule has 6 nitrogen and oxygen atoms in total. The standard InChI is InChI=1S/C10H11F2N3O3/c1-14(5-9(11)12)10(16)6-2-3-7(13)8(4-6)15(17)18/h2-4,9H,5,13H2,1H3. The van der Waals surface area contributed by atoms with Gasteiger partial charge in [-0.05, 0) is 12.1 Å². The molecule has 8 heteroatoms. The molecule has 1 amide bonds. The maximum Gasteiger partial charge on any atom is 0.292 e. The first-order valence-corrected chi connectivity index (χ1v) is 4.90. The van der Waals surface area contributed by atoms with E-state index in [1.807, 2.05) is 0 Å². The lowest BCUT2D eigenvalue weighted by atomic mass is 10.1. The van der Waals surface area contributed by atoms with Crippen LogP contribution in [0.1, 0.15) is 10.4 Å². The third kappa shape index (κ3) is 3.12. The maximum atomic E-state index is 12.1. The van der Waals surface area contributed by atoms with Gasteiger partial charge in [0.05, 0.1) is 11.5 Å². The van der Waals surface area contributed by atoms with Crippen LogP contribution in [0.3, 0.4) is 0 Å². The summed E-state index contributed by atoms with van der Waals surface area (Å²) < 4.78 is 24.2. The molecule has 1 aromatic carbocycles. The lowest BCUT2D eigenvalue weighted by Crippen LogP contribution is -2.31. The van der Waals surface area contributed by atoms with Crippen molar-refractivity contribution < 1.29 is 18.5 Å². The molecule has 0 aliphatic heterocycles. The number of nitro benzene ring substituents is 1. The van der Waals surface area contributed by atoms with Gasteiger partial charge in [-0.25, -0.2) is 8.78 Å². The Labute approximate surface area is 101 Å². The summed E-state index contributed by atoms with van der Waals surface area (Å²) in [4.78, 5) is 22.4. The summed E-state index contributed by atoms with van der Waals surface area (Å²) in [5, 5.41) is 10.6. The van der Waals surface area contributed by atoms with Crippen molar-refractivity contribution >= 4 is 17.3 Å². The SMILES string of the molecule is CN(CC(F)F)C(=O)c1ccc(N)c([N+](=O)[O-])c1. The topological polar surface area (TPSA) is 89.5 Å². The van der Waals surface area contributed by atoms with Gasteiger partial charge in [-0.3, -0.25) is 14.9 Å². The minimum atomic E-state index is -2.66. The van der Waals surface area contributed by atoms with Gasteiger partial charge < -0.3 is 10.6 Å². The lowest BCUT2D eigenvalue weighted by molar-refractivity contribution is -0.383. The van der Waals surface area contributed by atoms with Crippen molar-refractivity contribution in [1.82, 2.24) is 4.90 Å². The van der Waals surface area contributed by atoms with Gasteiger partial charge in [-0.2, -0.15) is 0 Å². The first kappa shape index (κ1) is 13.8. The highest BCUT2D eigenvalue weighted by atomic mass is 19.3. The third-order valence-corrected chi connectivity index (χ3v) is 2.23. The molecule has 0 spiro atoms. The van der Waals surface area contributed by atoms with Crippen molar-refractivity contribution in [2.45, 2.75) is 6.43 Å². The van der Waals surface area contributed by atoms with E-state index in [2.05, 4.69) is 0 Å². The average Bonchev–Trinajstić information content (AvgIpc) is 2.27. The second kappa shape index (κ2) is 5.39. The number of carbonyl (C=O) groups is 1. The summed E-state index contributed by atoms with van der Waals surface area (Å²) in [6.45, 7) is -0.739. The monoisotopic (exact) mass is 259 g/mol. The lowest BCUT2D eigenvalue weighted by Gasteiger charge is -2.16. The summed E-state index contributed by atoms with van der Waals surface area (Å²) >= 11 is 0. The van der Waals surface area contributed by atoms with E-state index in [1.54, 1.807) is 0 Å². The van der Waals surface area contributed by atoms with Gasteiger partial charge in [0.25, 0.3) is 18.0 Å². The zero-order valence-electron chi connectivity index (χ0n) is 9.47. The number of hydrogen-bond donors (Lipinski definition) is 1. The maximum absolute atomic E-state index is 12.1. The Balaban J connectivity index is 3.00. The summed E-state index contributed by atoms with van der Waals surface area (Å²) in [6.07, 6.45) is -2.66. The second-order valence-corrected chi connectivity index (χ2v) is 3.61. The molecule has 0 fully saturated rings. The van der Waals surface area contributed by atoms with Crippen molar-refractivity contribution in [2.75, 3.05) is 19.3 Å². The minimum Gasteiger partial charge on any atom is -0.393 e. The van der Waals surface area contributed by atoms with Gasteiger partial charge in [0.15, 0.2) is 0 Å². The summed E-state index contributed by atoms with van der Waals surface area (Å²) in [5.41, 5.74) is 4.79. The van der Waals surface area contributed by atoms with E-state index >= 15 is 0 Å². The molecule has 0 aromatic heterocycles. The van der Waals surface area contributed by atoms with Gasteiger partial charge in [0.1, 0.15) is 5.69 Å². The molecule has 98 valence electrons. The van der Waals surface area contributed by atoms with Crippen LogP contribution >= 0.6 is 0 Å². The van der Waals surface area contributed by atoms with Crippen molar-refractivity contribution in [1.29, 1.82) is 0 Å². The molecule has 2 N–H and O–H groups in total. The fraction of sp³-hybridized carbons (Fsp3) is 0.300. The molecule has 1 rings (SSSR count). The second-order valence-electron chi connectivity index (χ2n) is 3.61. The predicted octanol–water partition coefficient (Wildman–Crippen LogP) is 1.51. The molecule has 0 heterocycles. The van der Waals surface area contributed by atoms with Gasteiger partial charge in [0.2, 0.25) is 0 Å². The van der Waals surface area contributed by atoms with E-state index in [9.17, 15) is 23.7 Å². The molecule has 0 unspecified atom stereocenters. The molecule has 18 heavy (non-hydrogen) atoms. The number of nitrogens with zero attached hydrogens (tertiary/aromatic N) is 2. The van der Waals surface area contributed by atoms with Crippen LogP contribution in [0.15, 0.2) is 18.2 Å². The highest BCUT2D eigenvalue weighted by Crippen LogP contribution is 2.23. The Morgan fingerprint density at radius 1 is 1.56 bits per heavy atom. The molecular formula is C10H11F2N3O3. The molecule has 0 saturated carbocycles. The van der Waals surface area contributed by atoms with Crippen molar-refractivity contribution in [3.63, 3.8) is 0 Å².